The first-order valence-corrected chi connectivity index (χ1v) is 13.3. The van der Waals surface area contributed by atoms with Crippen LogP contribution in [0.1, 0.15) is 17.5 Å². The molecule has 0 radical (unpaired) electrons. The van der Waals surface area contributed by atoms with E-state index in [0.29, 0.717) is 6.42 Å². The molecule has 162 valence electrons. The van der Waals surface area contributed by atoms with Crippen LogP contribution in [0.4, 0.5) is 0 Å². The Balaban J connectivity index is 1.33. The highest BCUT2D eigenvalue weighted by Gasteiger charge is 2.19. The van der Waals surface area contributed by atoms with Gasteiger partial charge in [-0.15, -0.1) is 22.7 Å². The summed E-state index contributed by atoms with van der Waals surface area (Å²) in [6.07, 6.45) is 5.19. The molecule has 0 bridgehead atoms. The van der Waals surface area contributed by atoms with Crippen LogP contribution >= 0.6 is 22.7 Å². The molecule has 0 saturated heterocycles. The minimum absolute atomic E-state index is 0.244. The number of aliphatic imine (C=N–C) groups is 1. The van der Waals surface area contributed by atoms with Gasteiger partial charge in [-0.25, -0.2) is 13.1 Å². The van der Waals surface area contributed by atoms with Crippen LogP contribution in [-0.4, -0.2) is 31.4 Å². The number of sulfonamides is 1. The van der Waals surface area contributed by atoms with Crippen LogP contribution in [0.5, 0.6) is 0 Å². The zero-order valence-electron chi connectivity index (χ0n) is 17.0. The number of nitrogens with zero attached hydrogens (tertiary/aromatic N) is 2. The van der Waals surface area contributed by atoms with E-state index in [1.807, 2.05) is 47.3 Å². The molecule has 0 amide bonds. The second-order valence-electron chi connectivity index (χ2n) is 7.19. The molecule has 0 aliphatic carbocycles. The van der Waals surface area contributed by atoms with Crippen molar-refractivity contribution in [3.05, 3.63) is 76.5 Å². The van der Waals surface area contributed by atoms with E-state index in [1.165, 1.54) is 0 Å². The molecule has 4 aromatic rings. The molecule has 0 unspecified atom stereocenters. The van der Waals surface area contributed by atoms with E-state index in [-0.39, 0.29) is 11.4 Å². The Bertz CT molecular complexity index is 1310. The molecular weight excluding hydrogens is 460 g/mol. The highest BCUT2D eigenvalue weighted by atomic mass is 32.2. The van der Waals surface area contributed by atoms with Crippen LogP contribution in [-0.2, 0) is 16.4 Å². The van der Waals surface area contributed by atoms with Crippen LogP contribution in [0, 0.1) is 0 Å². The summed E-state index contributed by atoms with van der Waals surface area (Å²) in [5, 5.41) is 11.7. The second kappa shape index (κ2) is 8.95. The molecule has 5 rings (SSSR count). The van der Waals surface area contributed by atoms with Crippen molar-refractivity contribution in [3.63, 3.8) is 0 Å². The predicted octanol–water partition coefficient (Wildman–Crippen LogP) is 5.20. The Morgan fingerprint density at radius 2 is 1.75 bits per heavy atom. The van der Waals surface area contributed by atoms with Crippen LogP contribution < -0.4 is 4.72 Å². The quantitative estimate of drug-likeness (QED) is 0.363. The number of allylic oxidation sites excluding steroid dienone is 1. The Hall–Kier alpha value is -2.85. The highest BCUT2D eigenvalue weighted by molar-refractivity contribution is 7.89. The van der Waals surface area contributed by atoms with Gasteiger partial charge in [0.05, 0.1) is 26.0 Å². The lowest BCUT2D eigenvalue weighted by molar-refractivity contribution is 0.581. The van der Waals surface area contributed by atoms with Crippen LogP contribution in [0.2, 0.25) is 0 Å². The first-order valence-electron chi connectivity index (χ1n) is 10.1. The van der Waals surface area contributed by atoms with Crippen molar-refractivity contribution in [1.82, 2.24) is 14.9 Å². The minimum atomic E-state index is -3.62. The first-order chi connectivity index (χ1) is 15.6. The zero-order valence-corrected chi connectivity index (χ0v) is 19.4. The van der Waals surface area contributed by atoms with E-state index >= 15 is 0 Å². The van der Waals surface area contributed by atoms with Crippen LogP contribution in [0.15, 0.2) is 75.3 Å². The smallest absolute Gasteiger partial charge is 0.240 e. The lowest BCUT2D eigenvalue weighted by Crippen LogP contribution is -2.26. The Labute approximate surface area is 194 Å². The largest absolute Gasteiger partial charge is 0.276 e. The van der Waals surface area contributed by atoms with Crippen molar-refractivity contribution in [1.29, 1.82) is 0 Å². The number of hydrogen-bond donors (Lipinski definition) is 2. The number of aromatic nitrogens is 2. The van der Waals surface area contributed by atoms with E-state index in [1.54, 1.807) is 46.9 Å². The Morgan fingerprint density at radius 1 is 1.00 bits per heavy atom. The third kappa shape index (κ3) is 4.24. The number of rotatable bonds is 8. The van der Waals surface area contributed by atoms with Crippen molar-refractivity contribution in [2.45, 2.75) is 17.7 Å². The molecule has 1 aliphatic rings. The van der Waals surface area contributed by atoms with Gasteiger partial charge in [-0.05, 0) is 47.0 Å². The van der Waals surface area contributed by atoms with Gasteiger partial charge in [-0.3, -0.25) is 10.1 Å². The number of H-pyrrole nitrogens is 1. The van der Waals surface area contributed by atoms with E-state index in [4.69, 9.17) is 0 Å². The van der Waals surface area contributed by atoms with Gasteiger partial charge >= 0.3 is 0 Å². The third-order valence-corrected chi connectivity index (χ3v) is 8.40. The van der Waals surface area contributed by atoms with Gasteiger partial charge in [0.15, 0.2) is 0 Å². The lowest BCUT2D eigenvalue weighted by atomic mass is 10.1. The first kappa shape index (κ1) is 21.0. The fourth-order valence-electron chi connectivity index (χ4n) is 3.61. The predicted molar refractivity (Wildman–Crippen MR) is 132 cm³/mol. The van der Waals surface area contributed by atoms with Crippen molar-refractivity contribution in [2.24, 2.45) is 4.99 Å². The van der Waals surface area contributed by atoms with Gasteiger partial charge < -0.3 is 0 Å². The summed E-state index contributed by atoms with van der Waals surface area (Å²) >= 11 is 3.24. The average Bonchev–Trinajstić information content (AvgIpc) is 3.61. The van der Waals surface area contributed by atoms with Gasteiger partial charge in [-0.1, -0.05) is 30.3 Å². The Kier molecular flexibility index (Phi) is 5.88. The van der Waals surface area contributed by atoms with E-state index < -0.39 is 10.0 Å². The molecule has 4 heterocycles. The van der Waals surface area contributed by atoms with Crippen LogP contribution in [0.25, 0.3) is 26.8 Å². The van der Waals surface area contributed by atoms with Gasteiger partial charge in [-0.2, -0.15) is 5.10 Å². The van der Waals surface area contributed by atoms with Crippen molar-refractivity contribution >= 4 is 44.6 Å². The number of thiophene rings is 2. The number of nitrogens with one attached hydrogen (secondary N) is 2. The fraction of sp³-hybridized carbons (Fsp3) is 0.130. The lowest BCUT2D eigenvalue weighted by Gasteiger charge is -2.09. The standard InChI is InChI=1S/C23H20N4O2S3/c28-32(29,17-9-7-16(8-10-17)19-4-1-12-24-19)25-13-11-18-22(20-5-2-14-30-20)26-27-23(18)21-6-3-15-31-21/h2-10,12,14-15,25H,1,11,13H2,(H,26,27). The third-order valence-electron chi connectivity index (χ3n) is 5.16. The molecule has 9 heteroatoms. The minimum Gasteiger partial charge on any atom is -0.276 e. The van der Waals surface area contributed by atoms with E-state index in [9.17, 15) is 8.42 Å². The summed E-state index contributed by atoms with van der Waals surface area (Å²) in [5.41, 5.74) is 4.62. The number of benzene rings is 1. The molecule has 32 heavy (non-hydrogen) atoms. The highest BCUT2D eigenvalue weighted by Crippen LogP contribution is 2.34. The van der Waals surface area contributed by atoms with Gasteiger partial charge in [0.25, 0.3) is 0 Å². The molecular formula is C23H20N4O2S3. The van der Waals surface area contributed by atoms with E-state index in [0.717, 1.165) is 44.4 Å². The molecule has 0 fully saturated rings. The molecule has 6 nitrogen and oxygen atoms in total. The van der Waals surface area contributed by atoms with Crippen molar-refractivity contribution < 1.29 is 8.42 Å². The summed E-state index contributed by atoms with van der Waals surface area (Å²) < 4.78 is 28.4. The summed E-state index contributed by atoms with van der Waals surface area (Å²) in [6.45, 7) is 0.274. The SMILES string of the molecule is O=S(=O)(NCCc1c(-c2cccs2)n[nH]c1-c1cccs1)c1ccc(C2=CCC=N2)cc1. The molecule has 3 aromatic heterocycles. The summed E-state index contributed by atoms with van der Waals surface area (Å²) in [7, 11) is -3.62. The maximum atomic E-state index is 12.8. The zero-order chi connectivity index (χ0) is 22.0. The van der Waals surface area contributed by atoms with Gasteiger partial charge in [0.2, 0.25) is 10.0 Å². The van der Waals surface area contributed by atoms with Gasteiger partial charge in [0.1, 0.15) is 5.69 Å². The van der Waals surface area contributed by atoms with Crippen LogP contribution in [0.3, 0.4) is 0 Å². The van der Waals surface area contributed by atoms with E-state index in [2.05, 4.69) is 19.9 Å². The average molecular weight is 481 g/mol. The molecule has 1 aromatic carbocycles. The second-order valence-corrected chi connectivity index (χ2v) is 10.9. The number of hydrogen-bond acceptors (Lipinski definition) is 6. The summed E-state index contributed by atoms with van der Waals surface area (Å²) in [4.78, 5) is 6.68. The topological polar surface area (TPSA) is 87.2 Å². The van der Waals surface area contributed by atoms with Crippen molar-refractivity contribution in [3.8, 4) is 21.1 Å². The molecule has 1 aliphatic heterocycles. The van der Waals surface area contributed by atoms with Gasteiger partial charge in [0, 0.05) is 24.7 Å². The molecule has 0 spiro atoms. The monoisotopic (exact) mass is 480 g/mol. The van der Waals surface area contributed by atoms with Crippen molar-refractivity contribution in [2.75, 3.05) is 6.54 Å². The maximum Gasteiger partial charge on any atom is 0.240 e. The maximum absolute atomic E-state index is 12.8. The Morgan fingerprint density at radius 3 is 2.41 bits per heavy atom. The molecule has 0 saturated carbocycles. The molecule has 2 N–H and O–H groups in total. The molecule has 0 atom stereocenters. The summed E-state index contributed by atoms with van der Waals surface area (Å²) in [5.74, 6) is 0. The normalized spacial score (nSPS) is 13.6. The summed E-state index contributed by atoms with van der Waals surface area (Å²) in [6, 6.07) is 14.9. The fourth-order valence-corrected chi connectivity index (χ4v) is 6.13. The number of aromatic amines is 1.